The molecular formula is C18H21ClN2OS. The molecule has 1 aliphatic rings. The first-order valence-corrected chi connectivity index (χ1v) is 8.78. The largest absolute Gasteiger partial charge is 0.467 e. The topological polar surface area (TPSA) is 28.4 Å². The first-order chi connectivity index (χ1) is 11.1. The van der Waals surface area contributed by atoms with Gasteiger partial charge >= 0.3 is 0 Å². The number of hydrogen-bond donors (Lipinski definition) is 1. The van der Waals surface area contributed by atoms with Crippen LogP contribution in [0.5, 0.6) is 0 Å². The molecule has 23 heavy (non-hydrogen) atoms. The lowest BCUT2D eigenvalue weighted by molar-refractivity contribution is 0.286. The minimum atomic E-state index is 0.462. The smallest absolute Gasteiger partial charge is 0.174 e. The van der Waals surface area contributed by atoms with E-state index in [9.17, 15) is 0 Å². The van der Waals surface area contributed by atoms with Gasteiger partial charge in [0, 0.05) is 6.04 Å². The van der Waals surface area contributed by atoms with Crippen molar-refractivity contribution in [3.63, 3.8) is 0 Å². The minimum Gasteiger partial charge on any atom is -0.467 e. The highest BCUT2D eigenvalue weighted by molar-refractivity contribution is 7.80. The van der Waals surface area contributed by atoms with E-state index in [2.05, 4.69) is 10.2 Å². The van der Waals surface area contributed by atoms with Gasteiger partial charge in [-0.3, -0.25) is 0 Å². The molecule has 1 aromatic carbocycles. The first-order valence-electron chi connectivity index (χ1n) is 7.99. The minimum absolute atomic E-state index is 0.462. The molecule has 2 aromatic rings. The highest BCUT2D eigenvalue weighted by atomic mass is 35.5. The number of nitrogens with zero attached hydrogens (tertiary/aromatic N) is 1. The van der Waals surface area contributed by atoms with Crippen LogP contribution in [0, 0.1) is 6.92 Å². The third kappa shape index (κ3) is 4.06. The van der Waals surface area contributed by atoms with Crippen LogP contribution in [0.25, 0.3) is 0 Å². The highest BCUT2D eigenvalue weighted by Crippen LogP contribution is 2.28. The van der Waals surface area contributed by atoms with Crippen molar-refractivity contribution in [3.05, 3.63) is 52.9 Å². The summed E-state index contributed by atoms with van der Waals surface area (Å²) in [7, 11) is 0. The van der Waals surface area contributed by atoms with Crippen molar-refractivity contribution in [1.82, 2.24) is 4.90 Å². The first kappa shape index (κ1) is 16.3. The fourth-order valence-corrected chi connectivity index (χ4v) is 3.67. The van der Waals surface area contributed by atoms with E-state index in [1.165, 1.54) is 25.7 Å². The fraction of sp³-hybridized carbons (Fsp3) is 0.389. The van der Waals surface area contributed by atoms with E-state index in [4.69, 9.17) is 28.2 Å². The van der Waals surface area contributed by atoms with Crippen molar-refractivity contribution >= 4 is 34.6 Å². The zero-order chi connectivity index (χ0) is 16.2. The normalized spacial score (nSPS) is 14.9. The second kappa shape index (κ2) is 7.37. The molecule has 1 N–H and O–H groups in total. The molecule has 0 atom stereocenters. The standard InChI is InChI=1S/C18H21ClN2OS/c1-13-8-9-17(16(19)11-13)20-18(23)21(14-5-2-3-6-14)12-15-7-4-10-22-15/h4,7-11,14H,2-3,5-6,12H2,1H3,(H,20,23). The Bertz CT molecular complexity index is 666. The van der Waals surface area contributed by atoms with Crippen LogP contribution >= 0.6 is 23.8 Å². The van der Waals surface area contributed by atoms with E-state index in [1.54, 1.807) is 6.26 Å². The van der Waals surface area contributed by atoms with E-state index in [-0.39, 0.29) is 0 Å². The van der Waals surface area contributed by atoms with Crippen molar-refractivity contribution in [3.8, 4) is 0 Å². The molecule has 0 unspecified atom stereocenters. The molecule has 5 heteroatoms. The molecule has 0 spiro atoms. The van der Waals surface area contributed by atoms with E-state index in [0.717, 1.165) is 17.0 Å². The maximum absolute atomic E-state index is 6.32. The lowest BCUT2D eigenvalue weighted by Crippen LogP contribution is -2.40. The Balaban J connectivity index is 1.76. The maximum Gasteiger partial charge on any atom is 0.174 e. The molecule has 122 valence electrons. The van der Waals surface area contributed by atoms with E-state index < -0.39 is 0 Å². The average molecular weight is 349 g/mol. The molecule has 1 aliphatic carbocycles. The number of rotatable bonds is 4. The Hall–Kier alpha value is -1.52. The van der Waals surface area contributed by atoms with Crippen LogP contribution in [0.1, 0.15) is 37.0 Å². The lowest BCUT2D eigenvalue weighted by atomic mass is 10.2. The molecular weight excluding hydrogens is 328 g/mol. The predicted molar refractivity (Wildman–Crippen MR) is 98.9 cm³/mol. The molecule has 0 saturated heterocycles. The van der Waals surface area contributed by atoms with Crippen LogP contribution < -0.4 is 5.32 Å². The molecule has 1 saturated carbocycles. The Labute approximate surface area is 147 Å². The monoisotopic (exact) mass is 348 g/mol. The summed E-state index contributed by atoms with van der Waals surface area (Å²) in [5.74, 6) is 0.927. The average Bonchev–Trinajstić information content (AvgIpc) is 3.20. The zero-order valence-corrected chi connectivity index (χ0v) is 14.8. The Morgan fingerprint density at radius 3 is 2.78 bits per heavy atom. The summed E-state index contributed by atoms with van der Waals surface area (Å²) in [5, 5.41) is 4.71. The lowest BCUT2D eigenvalue weighted by Gasteiger charge is -2.31. The molecule has 3 rings (SSSR count). The number of halogens is 1. The molecule has 0 bridgehead atoms. The fourth-order valence-electron chi connectivity index (χ4n) is 3.06. The van der Waals surface area contributed by atoms with Crippen LogP contribution in [0.3, 0.4) is 0 Å². The summed E-state index contributed by atoms with van der Waals surface area (Å²) in [6, 6.07) is 10.3. The highest BCUT2D eigenvalue weighted by Gasteiger charge is 2.25. The van der Waals surface area contributed by atoms with Crippen molar-refractivity contribution in [2.24, 2.45) is 0 Å². The van der Waals surface area contributed by atoms with Crippen LogP contribution in [-0.2, 0) is 6.54 Å². The van der Waals surface area contributed by atoms with Crippen molar-refractivity contribution in [2.75, 3.05) is 5.32 Å². The summed E-state index contributed by atoms with van der Waals surface area (Å²) in [5.41, 5.74) is 1.99. The Kier molecular flexibility index (Phi) is 5.23. The van der Waals surface area contributed by atoms with Crippen LogP contribution in [-0.4, -0.2) is 16.1 Å². The van der Waals surface area contributed by atoms with Gasteiger partial charge in [-0.2, -0.15) is 0 Å². The number of nitrogens with one attached hydrogen (secondary N) is 1. The van der Waals surface area contributed by atoms with Crippen LogP contribution in [0.2, 0.25) is 5.02 Å². The summed E-state index contributed by atoms with van der Waals surface area (Å²) >= 11 is 12.0. The summed E-state index contributed by atoms with van der Waals surface area (Å²) < 4.78 is 5.51. The van der Waals surface area contributed by atoms with Crippen LogP contribution in [0.4, 0.5) is 5.69 Å². The van der Waals surface area contributed by atoms with Gasteiger partial charge in [-0.25, -0.2) is 0 Å². The van der Waals surface area contributed by atoms with E-state index >= 15 is 0 Å². The van der Waals surface area contributed by atoms with Gasteiger partial charge in [0.1, 0.15) is 5.76 Å². The molecule has 0 amide bonds. The number of furan rings is 1. The Morgan fingerprint density at radius 2 is 2.13 bits per heavy atom. The van der Waals surface area contributed by atoms with Gasteiger partial charge in [0.15, 0.2) is 5.11 Å². The molecule has 0 aliphatic heterocycles. The van der Waals surface area contributed by atoms with Gasteiger partial charge in [0.05, 0.1) is 23.5 Å². The molecule has 1 fully saturated rings. The van der Waals surface area contributed by atoms with Gasteiger partial charge in [0.2, 0.25) is 0 Å². The van der Waals surface area contributed by atoms with Crippen molar-refractivity contribution < 1.29 is 4.42 Å². The SMILES string of the molecule is Cc1ccc(NC(=S)N(Cc2ccco2)C2CCCC2)c(Cl)c1. The van der Waals surface area contributed by atoms with Gasteiger partial charge in [-0.15, -0.1) is 0 Å². The number of thiocarbonyl (C=S) groups is 1. The van der Waals surface area contributed by atoms with E-state index in [0.29, 0.717) is 22.7 Å². The third-order valence-electron chi connectivity index (χ3n) is 4.30. The third-order valence-corrected chi connectivity index (χ3v) is 4.95. The van der Waals surface area contributed by atoms with Gasteiger partial charge in [-0.1, -0.05) is 30.5 Å². The van der Waals surface area contributed by atoms with Crippen molar-refractivity contribution in [2.45, 2.75) is 45.2 Å². The quantitative estimate of drug-likeness (QED) is 0.750. The van der Waals surface area contributed by atoms with Crippen molar-refractivity contribution in [1.29, 1.82) is 0 Å². The molecule has 1 aromatic heterocycles. The molecule has 0 radical (unpaired) electrons. The zero-order valence-electron chi connectivity index (χ0n) is 13.2. The van der Waals surface area contributed by atoms with E-state index in [1.807, 2.05) is 37.3 Å². The summed E-state index contributed by atoms with van der Waals surface area (Å²) in [6.07, 6.45) is 6.56. The second-order valence-corrected chi connectivity index (χ2v) is 6.85. The summed E-state index contributed by atoms with van der Waals surface area (Å²) in [6.45, 7) is 2.71. The number of aryl methyl sites for hydroxylation is 1. The Morgan fingerprint density at radius 1 is 1.35 bits per heavy atom. The molecule has 3 nitrogen and oxygen atoms in total. The number of hydrogen-bond acceptors (Lipinski definition) is 2. The molecule has 1 heterocycles. The predicted octanol–water partition coefficient (Wildman–Crippen LogP) is 5.38. The summed E-state index contributed by atoms with van der Waals surface area (Å²) in [4.78, 5) is 2.23. The number of anilines is 1. The second-order valence-electron chi connectivity index (χ2n) is 6.06. The number of benzene rings is 1. The van der Waals surface area contributed by atoms with Gasteiger partial charge in [-0.05, 0) is 61.8 Å². The van der Waals surface area contributed by atoms with Crippen LogP contribution in [0.15, 0.2) is 41.0 Å². The maximum atomic E-state index is 6.32. The van der Waals surface area contributed by atoms with Gasteiger partial charge < -0.3 is 14.6 Å². The van der Waals surface area contributed by atoms with Gasteiger partial charge in [0.25, 0.3) is 0 Å².